The van der Waals surface area contributed by atoms with Gasteiger partial charge in [-0.05, 0) is 89.9 Å². The van der Waals surface area contributed by atoms with Crippen molar-refractivity contribution < 1.29 is 28.6 Å². The van der Waals surface area contributed by atoms with Crippen molar-refractivity contribution in [2.45, 2.75) is 393 Å². The Balaban J connectivity index is 4.12. The van der Waals surface area contributed by atoms with Crippen LogP contribution in [0.1, 0.15) is 387 Å². The van der Waals surface area contributed by atoms with Crippen LogP contribution >= 0.6 is 0 Å². The molecule has 0 spiro atoms. The highest BCUT2D eigenvalue weighted by Crippen LogP contribution is 2.18. The molecule has 0 fully saturated rings. The number of hydrogen-bond acceptors (Lipinski definition) is 6. The highest BCUT2D eigenvalue weighted by molar-refractivity contribution is 5.71. The molecule has 0 aromatic heterocycles. The number of hydrogen-bond donors (Lipinski definition) is 0. The Kier molecular flexibility index (Phi) is 65.1. The fourth-order valence-corrected chi connectivity index (χ4v) is 10.6. The number of ether oxygens (including phenoxy) is 3. The molecule has 6 heteroatoms. The van der Waals surface area contributed by atoms with Gasteiger partial charge in [0.05, 0.1) is 0 Å². The Bertz CT molecular complexity index is 1300. The summed E-state index contributed by atoms with van der Waals surface area (Å²) < 4.78 is 16.9. The van der Waals surface area contributed by atoms with Crippen LogP contribution in [0.3, 0.4) is 0 Å². The van der Waals surface area contributed by atoms with E-state index in [1.807, 2.05) is 0 Å². The van der Waals surface area contributed by atoms with E-state index in [-0.39, 0.29) is 31.1 Å². The topological polar surface area (TPSA) is 78.9 Å². The van der Waals surface area contributed by atoms with Gasteiger partial charge in [0.25, 0.3) is 0 Å². The zero-order chi connectivity index (χ0) is 56.4. The lowest BCUT2D eigenvalue weighted by Gasteiger charge is -2.18. The maximum atomic E-state index is 12.9. The zero-order valence-electron chi connectivity index (χ0n) is 52.7. The number of carbonyl (C=O) groups excluding carboxylic acids is 3. The second-order valence-electron chi connectivity index (χ2n) is 23.8. The largest absolute Gasteiger partial charge is 0.462 e. The number of rotatable bonds is 65. The van der Waals surface area contributed by atoms with Crippen molar-refractivity contribution in [2.24, 2.45) is 0 Å². The molecule has 458 valence electrons. The van der Waals surface area contributed by atoms with Crippen molar-refractivity contribution in [3.8, 4) is 0 Å². The molecule has 0 radical (unpaired) electrons. The second-order valence-corrected chi connectivity index (χ2v) is 23.8. The van der Waals surface area contributed by atoms with Gasteiger partial charge < -0.3 is 14.2 Å². The standard InChI is InChI=1S/C72H134O6/c1-4-7-10-13-16-19-22-24-26-28-30-32-33-34-35-36-37-38-39-41-42-44-46-48-50-53-56-59-62-65-71(74)77-68-69(67-76-70(73)64-61-58-55-52-21-18-15-12-9-6-3)78-72(75)66-63-60-57-54-51-49-47-45-43-40-31-29-27-25-23-20-17-14-11-8-5-2/h12,15,28-31,69H,4-11,13-14,16-27,32-68H2,1-3H3/b15-12-,30-28-,31-29-. The van der Waals surface area contributed by atoms with E-state index in [1.165, 1.54) is 276 Å². The van der Waals surface area contributed by atoms with Crippen molar-refractivity contribution in [3.63, 3.8) is 0 Å². The van der Waals surface area contributed by atoms with Gasteiger partial charge in [-0.2, -0.15) is 0 Å². The molecule has 0 saturated heterocycles. The van der Waals surface area contributed by atoms with Gasteiger partial charge in [-0.3, -0.25) is 14.4 Å². The molecular formula is C72H134O6. The highest BCUT2D eigenvalue weighted by Gasteiger charge is 2.19. The molecule has 0 heterocycles. The van der Waals surface area contributed by atoms with Gasteiger partial charge in [0, 0.05) is 19.3 Å². The summed E-state index contributed by atoms with van der Waals surface area (Å²) in [6.45, 7) is 6.63. The third-order valence-electron chi connectivity index (χ3n) is 15.8. The molecule has 1 atom stereocenters. The van der Waals surface area contributed by atoms with Crippen LogP contribution in [-0.4, -0.2) is 37.2 Å². The van der Waals surface area contributed by atoms with Gasteiger partial charge in [-0.1, -0.05) is 314 Å². The maximum absolute atomic E-state index is 12.9. The molecule has 0 aliphatic rings. The quantitative estimate of drug-likeness (QED) is 0.0261. The molecule has 0 bridgehead atoms. The number of allylic oxidation sites excluding steroid dienone is 6. The average molecular weight is 1100 g/mol. The Hall–Kier alpha value is -2.37. The van der Waals surface area contributed by atoms with Crippen LogP contribution in [-0.2, 0) is 28.6 Å². The van der Waals surface area contributed by atoms with Crippen LogP contribution in [0.2, 0.25) is 0 Å². The lowest BCUT2D eigenvalue weighted by molar-refractivity contribution is -0.167. The fraction of sp³-hybridized carbons (Fsp3) is 0.875. The average Bonchev–Trinajstić information content (AvgIpc) is 3.44. The SMILES string of the molecule is CCC/C=C\CCCCCCCC(=O)OCC(COC(=O)CCCCCCCCCCCCCCCCCCC/C=C\CCCCCCCCCC)OC(=O)CCCCCCCCCCC/C=C\CCCCCCCCCC. The Morgan fingerprint density at radius 2 is 0.449 bits per heavy atom. The minimum atomic E-state index is -0.775. The van der Waals surface area contributed by atoms with Gasteiger partial charge in [0.1, 0.15) is 13.2 Å². The fourth-order valence-electron chi connectivity index (χ4n) is 10.6. The van der Waals surface area contributed by atoms with Gasteiger partial charge in [0.2, 0.25) is 0 Å². The van der Waals surface area contributed by atoms with Crippen molar-refractivity contribution >= 4 is 17.9 Å². The Labute approximate surface area is 486 Å². The van der Waals surface area contributed by atoms with E-state index in [0.717, 1.165) is 70.6 Å². The molecule has 0 aromatic rings. The normalized spacial score (nSPS) is 12.2. The molecular weight excluding hydrogens is 961 g/mol. The van der Waals surface area contributed by atoms with Crippen LogP contribution in [0.5, 0.6) is 0 Å². The first-order valence-corrected chi connectivity index (χ1v) is 35.0. The van der Waals surface area contributed by atoms with Crippen molar-refractivity contribution in [1.29, 1.82) is 0 Å². The molecule has 1 unspecified atom stereocenters. The molecule has 0 aliphatic carbocycles. The van der Waals surface area contributed by atoms with Crippen molar-refractivity contribution in [1.82, 2.24) is 0 Å². The smallest absolute Gasteiger partial charge is 0.306 e. The molecule has 0 rings (SSSR count). The van der Waals surface area contributed by atoms with Crippen LogP contribution in [0, 0.1) is 0 Å². The van der Waals surface area contributed by atoms with E-state index < -0.39 is 6.10 Å². The van der Waals surface area contributed by atoms with Gasteiger partial charge >= 0.3 is 17.9 Å². The van der Waals surface area contributed by atoms with Gasteiger partial charge in [0.15, 0.2) is 6.10 Å². The highest BCUT2D eigenvalue weighted by atomic mass is 16.6. The number of unbranched alkanes of at least 4 members (excludes halogenated alkanes) is 48. The summed E-state index contributed by atoms with van der Waals surface area (Å²) in [5.74, 6) is -0.861. The van der Waals surface area contributed by atoms with E-state index in [2.05, 4.69) is 57.2 Å². The van der Waals surface area contributed by atoms with Crippen LogP contribution in [0.25, 0.3) is 0 Å². The Morgan fingerprint density at radius 1 is 0.244 bits per heavy atom. The summed E-state index contributed by atoms with van der Waals surface area (Å²) >= 11 is 0. The van der Waals surface area contributed by atoms with E-state index in [0.29, 0.717) is 19.3 Å². The maximum Gasteiger partial charge on any atom is 0.306 e. The minimum absolute atomic E-state index is 0.0715. The first-order chi connectivity index (χ1) is 38.5. The second kappa shape index (κ2) is 67.1. The molecule has 0 aromatic carbocycles. The van der Waals surface area contributed by atoms with E-state index in [1.54, 1.807) is 0 Å². The minimum Gasteiger partial charge on any atom is -0.462 e. The van der Waals surface area contributed by atoms with E-state index >= 15 is 0 Å². The third-order valence-corrected chi connectivity index (χ3v) is 15.8. The van der Waals surface area contributed by atoms with Gasteiger partial charge in [-0.25, -0.2) is 0 Å². The molecule has 0 amide bonds. The Morgan fingerprint density at radius 3 is 0.692 bits per heavy atom. The first kappa shape index (κ1) is 75.6. The number of carbonyl (C=O) groups is 3. The monoisotopic (exact) mass is 1100 g/mol. The summed E-state index contributed by atoms with van der Waals surface area (Å²) in [7, 11) is 0. The van der Waals surface area contributed by atoms with E-state index in [9.17, 15) is 14.4 Å². The summed E-state index contributed by atoms with van der Waals surface area (Å²) in [5.41, 5.74) is 0. The summed E-state index contributed by atoms with van der Waals surface area (Å²) in [6, 6.07) is 0. The molecule has 78 heavy (non-hydrogen) atoms. The summed E-state index contributed by atoms with van der Waals surface area (Å²) in [5, 5.41) is 0. The van der Waals surface area contributed by atoms with Crippen LogP contribution in [0.15, 0.2) is 36.5 Å². The van der Waals surface area contributed by atoms with E-state index in [4.69, 9.17) is 14.2 Å². The summed E-state index contributed by atoms with van der Waals surface area (Å²) in [6.07, 6.45) is 83.3. The first-order valence-electron chi connectivity index (χ1n) is 35.0. The molecule has 0 N–H and O–H groups in total. The van der Waals surface area contributed by atoms with Crippen molar-refractivity contribution in [3.05, 3.63) is 36.5 Å². The summed E-state index contributed by atoms with van der Waals surface area (Å²) in [4.78, 5) is 38.3. The zero-order valence-corrected chi connectivity index (χ0v) is 52.7. The lowest BCUT2D eigenvalue weighted by Crippen LogP contribution is -2.30. The van der Waals surface area contributed by atoms with Crippen molar-refractivity contribution in [2.75, 3.05) is 13.2 Å². The molecule has 6 nitrogen and oxygen atoms in total. The predicted octanol–water partition coefficient (Wildman–Crippen LogP) is 23.9. The number of esters is 3. The molecule has 0 saturated carbocycles. The van der Waals surface area contributed by atoms with Gasteiger partial charge in [-0.15, -0.1) is 0 Å². The lowest BCUT2D eigenvalue weighted by atomic mass is 10.0. The van der Waals surface area contributed by atoms with Crippen LogP contribution < -0.4 is 0 Å². The third kappa shape index (κ3) is 64.5. The predicted molar refractivity (Wildman–Crippen MR) is 339 cm³/mol. The molecule has 0 aliphatic heterocycles. The van der Waals surface area contributed by atoms with Crippen LogP contribution in [0.4, 0.5) is 0 Å².